The normalized spacial score (nSPS) is 16.5. The molecule has 8 nitrogen and oxygen atoms in total. The fourth-order valence-electron chi connectivity index (χ4n) is 3.16. The van der Waals surface area contributed by atoms with Crippen LogP contribution in [0, 0.1) is 27.7 Å². The quantitative estimate of drug-likeness (QED) is 0.880. The summed E-state index contributed by atoms with van der Waals surface area (Å²) in [5.74, 6) is 1.79. The van der Waals surface area contributed by atoms with Gasteiger partial charge in [0, 0.05) is 55.7 Å². The minimum atomic E-state index is -0.180. The zero-order valence-corrected chi connectivity index (χ0v) is 16.9. The number of nitrogens with one attached hydrogen (secondary N) is 1. The van der Waals surface area contributed by atoms with Crippen molar-refractivity contribution in [2.24, 2.45) is 0 Å². The van der Waals surface area contributed by atoms with Gasteiger partial charge in [0.2, 0.25) is 5.82 Å². The lowest BCUT2D eigenvalue weighted by molar-refractivity contribution is 0.0815. The molecular formula is C19H27N7O. The van der Waals surface area contributed by atoms with Crippen LogP contribution in [0.4, 0.5) is 11.6 Å². The van der Waals surface area contributed by atoms with Crippen molar-refractivity contribution in [1.82, 2.24) is 24.8 Å². The second-order valence-corrected chi connectivity index (χ2v) is 7.29. The van der Waals surface area contributed by atoms with E-state index in [2.05, 4.69) is 30.2 Å². The molecule has 3 heterocycles. The Morgan fingerprint density at radius 1 is 1.11 bits per heavy atom. The van der Waals surface area contributed by atoms with Crippen LogP contribution >= 0.6 is 0 Å². The number of rotatable bonds is 4. The molecule has 0 unspecified atom stereocenters. The SMILES string of the molecule is Cc1ncnc(N[C@@H]2CCN(c3nc(C(=O)N(C)C)nc(C)c3C)C2)c1C. The number of carbonyl (C=O) groups is 1. The zero-order valence-electron chi connectivity index (χ0n) is 16.9. The molecule has 0 saturated carbocycles. The maximum atomic E-state index is 12.3. The first-order chi connectivity index (χ1) is 12.8. The largest absolute Gasteiger partial charge is 0.365 e. The lowest BCUT2D eigenvalue weighted by Gasteiger charge is -2.22. The molecule has 2 aromatic heterocycles. The number of hydrogen-bond donors (Lipinski definition) is 1. The van der Waals surface area contributed by atoms with Crippen LogP contribution in [0.1, 0.15) is 39.6 Å². The smallest absolute Gasteiger partial charge is 0.291 e. The van der Waals surface area contributed by atoms with E-state index in [-0.39, 0.29) is 17.8 Å². The van der Waals surface area contributed by atoms with Gasteiger partial charge in [-0.05, 0) is 34.1 Å². The number of hydrogen-bond acceptors (Lipinski definition) is 7. The molecule has 2 aromatic rings. The molecular weight excluding hydrogens is 342 g/mol. The molecule has 1 fully saturated rings. The molecule has 1 aliphatic rings. The number of nitrogens with zero attached hydrogens (tertiary/aromatic N) is 6. The summed E-state index contributed by atoms with van der Waals surface area (Å²) in [6.07, 6.45) is 2.57. The highest BCUT2D eigenvalue weighted by atomic mass is 16.2. The standard InChI is InChI=1S/C19H27N7O/c1-11-13(3)20-10-21-16(11)23-15-7-8-26(9-15)18-12(2)14(4)22-17(24-18)19(27)25(5)6/h10,15H,7-9H2,1-6H3,(H,20,21,23)/t15-/m1/s1. The van der Waals surface area contributed by atoms with Crippen molar-refractivity contribution in [3.8, 4) is 0 Å². The molecule has 1 amide bonds. The average Bonchev–Trinajstić information content (AvgIpc) is 3.08. The van der Waals surface area contributed by atoms with Gasteiger partial charge in [-0.1, -0.05) is 0 Å². The Morgan fingerprint density at radius 3 is 2.56 bits per heavy atom. The van der Waals surface area contributed by atoms with Gasteiger partial charge in [-0.2, -0.15) is 0 Å². The first-order valence-corrected chi connectivity index (χ1v) is 9.14. The first-order valence-electron chi connectivity index (χ1n) is 9.14. The minimum absolute atomic E-state index is 0.180. The third kappa shape index (κ3) is 3.84. The van der Waals surface area contributed by atoms with Gasteiger partial charge < -0.3 is 15.1 Å². The molecule has 1 aliphatic heterocycles. The Morgan fingerprint density at radius 2 is 1.85 bits per heavy atom. The van der Waals surface area contributed by atoms with Crippen molar-refractivity contribution in [2.45, 2.75) is 40.2 Å². The van der Waals surface area contributed by atoms with Gasteiger partial charge in [0.05, 0.1) is 0 Å². The van der Waals surface area contributed by atoms with Gasteiger partial charge in [0.15, 0.2) is 0 Å². The van der Waals surface area contributed by atoms with Gasteiger partial charge in [-0.3, -0.25) is 4.79 Å². The summed E-state index contributed by atoms with van der Waals surface area (Å²) < 4.78 is 0. The van der Waals surface area contributed by atoms with Crippen molar-refractivity contribution in [2.75, 3.05) is 37.4 Å². The Labute approximate surface area is 160 Å². The summed E-state index contributed by atoms with van der Waals surface area (Å²) in [4.78, 5) is 33.6. The van der Waals surface area contributed by atoms with E-state index in [1.807, 2.05) is 27.7 Å². The number of aryl methyl sites for hydroxylation is 2. The highest BCUT2D eigenvalue weighted by Crippen LogP contribution is 2.26. The van der Waals surface area contributed by atoms with E-state index < -0.39 is 0 Å². The number of amides is 1. The number of aromatic nitrogens is 4. The van der Waals surface area contributed by atoms with Gasteiger partial charge in [-0.25, -0.2) is 19.9 Å². The van der Waals surface area contributed by atoms with E-state index in [1.165, 1.54) is 4.90 Å². The molecule has 8 heteroatoms. The third-order valence-electron chi connectivity index (χ3n) is 5.13. The number of carbonyl (C=O) groups excluding carboxylic acids is 1. The van der Waals surface area contributed by atoms with Crippen LogP contribution in [0.3, 0.4) is 0 Å². The molecule has 0 bridgehead atoms. The Kier molecular flexibility index (Phi) is 5.25. The first kappa shape index (κ1) is 19.0. The summed E-state index contributed by atoms with van der Waals surface area (Å²) in [5.41, 5.74) is 3.91. The molecule has 1 N–H and O–H groups in total. The van der Waals surface area contributed by atoms with Gasteiger partial charge in [-0.15, -0.1) is 0 Å². The van der Waals surface area contributed by atoms with E-state index in [4.69, 9.17) is 0 Å². The summed E-state index contributed by atoms with van der Waals surface area (Å²) in [6.45, 7) is 9.61. The predicted molar refractivity (Wildman–Crippen MR) is 105 cm³/mol. The molecule has 1 atom stereocenters. The highest BCUT2D eigenvalue weighted by Gasteiger charge is 2.27. The van der Waals surface area contributed by atoms with Crippen LogP contribution < -0.4 is 10.2 Å². The molecule has 3 rings (SSSR count). The average molecular weight is 369 g/mol. The fourth-order valence-corrected chi connectivity index (χ4v) is 3.16. The van der Waals surface area contributed by atoms with E-state index in [0.717, 1.165) is 53.7 Å². The molecule has 0 radical (unpaired) electrons. The van der Waals surface area contributed by atoms with Gasteiger partial charge in [0.25, 0.3) is 5.91 Å². The van der Waals surface area contributed by atoms with Gasteiger partial charge >= 0.3 is 0 Å². The molecule has 144 valence electrons. The molecule has 0 aliphatic carbocycles. The van der Waals surface area contributed by atoms with Crippen molar-refractivity contribution in [1.29, 1.82) is 0 Å². The lowest BCUT2D eigenvalue weighted by Crippen LogP contribution is -2.30. The molecule has 27 heavy (non-hydrogen) atoms. The molecule has 0 spiro atoms. The predicted octanol–water partition coefficient (Wildman–Crippen LogP) is 1.89. The zero-order chi connectivity index (χ0) is 19.7. The summed E-state index contributed by atoms with van der Waals surface area (Å²) >= 11 is 0. The van der Waals surface area contributed by atoms with Crippen LogP contribution in [-0.2, 0) is 0 Å². The van der Waals surface area contributed by atoms with Crippen molar-refractivity contribution < 1.29 is 4.79 Å². The highest BCUT2D eigenvalue weighted by molar-refractivity contribution is 5.90. The van der Waals surface area contributed by atoms with E-state index in [0.29, 0.717) is 0 Å². The topological polar surface area (TPSA) is 87.1 Å². The number of anilines is 2. The van der Waals surface area contributed by atoms with Crippen LogP contribution in [0.25, 0.3) is 0 Å². The third-order valence-corrected chi connectivity index (χ3v) is 5.13. The van der Waals surface area contributed by atoms with Gasteiger partial charge in [0.1, 0.15) is 18.0 Å². The summed E-state index contributed by atoms with van der Waals surface area (Å²) in [5, 5.41) is 3.53. The Bertz CT molecular complexity index is 865. The second-order valence-electron chi connectivity index (χ2n) is 7.29. The van der Waals surface area contributed by atoms with Crippen LogP contribution in [0.15, 0.2) is 6.33 Å². The van der Waals surface area contributed by atoms with Crippen molar-refractivity contribution in [3.05, 3.63) is 34.7 Å². The fraction of sp³-hybridized carbons (Fsp3) is 0.526. The monoisotopic (exact) mass is 369 g/mol. The minimum Gasteiger partial charge on any atom is -0.365 e. The molecule has 0 aromatic carbocycles. The maximum Gasteiger partial charge on any atom is 0.291 e. The Hall–Kier alpha value is -2.77. The van der Waals surface area contributed by atoms with E-state index in [9.17, 15) is 4.79 Å². The summed E-state index contributed by atoms with van der Waals surface area (Å²) in [7, 11) is 3.42. The van der Waals surface area contributed by atoms with Crippen molar-refractivity contribution >= 4 is 17.5 Å². The summed E-state index contributed by atoms with van der Waals surface area (Å²) in [6, 6.07) is 0.265. The maximum absolute atomic E-state index is 12.3. The lowest BCUT2D eigenvalue weighted by atomic mass is 10.2. The van der Waals surface area contributed by atoms with Crippen LogP contribution in [0.5, 0.6) is 0 Å². The second kappa shape index (κ2) is 7.46. The van der Waals surface area contributed by atoms with Crippen LogP contribution in [-0.4, -0.2) is 64.0 Å². The van der Waals surface area contributed by atoms with E-state index >= 15 is 0 Å². The van der Waals surface area contributed by atoms with Crippen LogP contribution in [0.2, 0.25) is 0 Å². The van der Waals surface area contributed by atoms with Crippen molar-refractivity contribution in [3.63, 3.8) is 0 Å². The Balaban J connectivity index is 1.80. The van der Waals surface area contributed by atoms with E-state index in [1.54, 1.807) is 20.4 Å². The molecule has 1 saturated heterocycles.